The topological polar surface area (TPSA) is 28.9 Å². The third-order valence-electron chi connectivity index (χ3n) is 9.85. The highest BCUT2D eigenvalue weighted by Crippen LogP contribution is 2.51. The molecule has 9 aromatic rings. The van der Waals surface area contributed by atoms with Gasteiger partial charge in [-0.15, -0.1) is 0 Å². The largest absolute Gasteiger partial charge is 0.456 e. The maximum atomic E-state index is 6.51. The normalized spacial score (nSPS) is 12.0. The van der Waals surface area contributed by atoms with Gasteiger partial charge in [0.25, 0.3) is 0 Å². The summed E-state index contributed by atoms with van der Waals surface area (Å²) in [6.07, 6.45) is 0. The Hall–Kier alpha value is -7.04. The van der Waals surface area contributed by atoms with E-state index in [2.05, 4.69) is 174 Å². The van der Waals surface area contributed by atoms with E-state index in [9.17, 15) is 0 Å². The lowest BCUT2D eigenvalue weighted by atomic mass is 10.0. The summed E-state index contributed by atoms with van der Waals surface area (Å²) in [6, 6.07) is 67.9. The number of rotatable bonds is 6. The van der Waals surface area contributed by atoms with Crippen molar-refractivity contribution in [2.75, 3.05) is 9.80 Å². The van der Waals surface area contributed by atoms with E-state index in [1.165, 1.54) is 11.1 Å². The molecule has 0 fully saturated rings. The molecule has 52 heavy (non-hydrogen) atoms. The van der Waals surface area contributed by atoms with E-state index in [1.54, 1.807) is 0 Å². The van der Waals surface area contributed by atoms with Crippen LogP contribution in [-0.2, 0) is 0 Å². The molecule has 4 heteroatoms. The maximum Gasteiger partial charge on any atom is 0.152 e. The second-order valence-electron chi connectivity index (χ2n) is 13.0. The minimum atomic E-state index is 0.824. The molecule has 0 amide bonds. The van der Waals surface area contributed by atoms with Gasteiger partial charge in [0, 0.05) is 33.5 Å². The minimum absolute atomic E-state index is 0.824. The van der Waals surface area contributed by atoms with Gasteiger partial charge in [0.1, 0.15) is 11.2 Å². The van der Waals surface area contributed by atoms with Crippen LogP contribution < -0.4 is 14.5 Å². The predicted octanol–water partition coefficient (Wildman–Crippen LogP) is 14.0. The first-order valence-corrected chi connectivity index (χ1v) is 17.5. The summed E-state index contributed by atoms with van der Waals surface area (Å²) in [5.41, 5.74) is 12.7. The zero-order chi connectivity index (χ0) is 34.4. The molecule has 1 aliphatic heterocycles. The van der Waals surface area contributed by atoms with Crippen molar-refractivity contribution in [3.8, 4) is 33.8 Å². The zero-order valence-electron chi connectivity index (χ0n) is 28.2. The third kappa shape index (κ3) is 5.17. The number of hydrogen-bond donors (Lipinski definition) is 0. The van der Waals surface area contributed by atoms with Gasteiger partial charge in [0.15, 0.2) is 11.5 Å². The quantitative estimate of drug-likeness (QED) is 0.176. The molecular formula is C48H32N2O2. The van der Waals surface area contributed by atoms with Crippen molar-refractivity contribution in [2.45, 2.75) is 0 Å². The molecular weight excluding hydrogens is 637 g/mol. The van der Waals surface area contributed by atoms with E-state index >= 15 is 0 Å². The molecule has 0 radical (unpaired) electrons. The summed E-state index contributed by atoms with van der Waals surface area (Å²) in [6.45, 7) is 0. The van der Waals surface area contributed by atoms with Gasteiger partial charge in [-0.05, 0) is 107 Å². The summed E-state index contributed by atoms with van der Waals surface area (Å²) < 4.78 is 12.7. The fourth-order valence-corrected chi connectivity index (χ4v) is 7.33. The molecule has 2 heterocycles. The maximum absolute atomic E-state index is 6.51. The number of para-hydroxylation sites is 4. The second kappa shape index (κ2) is 12.4. The highest BCUT2D eigenvalue weighted by Gasteiger charge is 2.26. The number of anilines is 6. The van der Waals surface area contributed by atoms with Crippen LogP contribution in [0.25, 0.3) is 44.2 Å². The Morgan fingerprint density at radius 2 is 0.923 bits per heavy atom. The first kappa shape index (κ1) is 29.8. The highest BCUT2D eigenvalue weighted by atomic mass is 16.5. The van der Waals surface area contributed by atoms with Crippen LogP contribution in [0.15, 0.2) is 199 Å². The Kier molecular flexibility index (Phi) is 7.10. The average Bonchev–Trinajstić information content (AvgIpc) is 3.59. The number of furan rings is 1. The molecule has 1 aromatic heterocycles. The average molecular weight is 669 g/mol. The van der Waals surface area contributed by atoms with Crippen molar-refractivity contribution >= 4 is 56.1 Å². The molecule has 0 saturated carbocycles. The first-order chi connectivity index (χ1) is 25.8. The SMILES string of the molecule is c1ccc(-c2ccc(N(c3ccc(-c4ccc5c(c4)Oc4ccccc4N5c4ccccc4)cc3)c3ccc4oc5ccccc5c4c3)cc2)cc1. The van der Waals surface area contributed by atoms with Crippen LogP contribution in [0.3, 0.4) is 0 Å². The van der Waals surface area contributed by atoms with Gasteiger partial charge in [0.05, 0.1) is 11.4 Å². The lowest BCUT2D eigenvalue weighted by Crippen LogP contribution is -2.15. The molecule has 0 saturated heterocycles. The van der Waals surface area contributed by atoms with E-state index in [-0.39, 0.29) is 0 Å². The molecule has 4 nitrogen and oxygen atoms in total. The van der Waals surface area contributed by atoms with Crippen LogP contribution in [0.1, 0.15) is 0 Å². The molecule has 0 spiro atoms. The van der Waals surface area contributed by atoms with E-state index in [4.69, 9.17) is 9.15 Å². The van der Waals surface area contributed by atoms with Crippen molar-refractivity contribution in [1.82, 2.24) is 0 Å². The molecule has 10 rings (SSSR count). The van der Waals surface area contributed by atoms with Crippen LogP contribution in [0.5, 0.6) is 11.5 Å². The van der Waals surface area contributed by atoms with Gasteiger partial charge in [-0.2, -0.15) is 0 Å². The smallest absolute Gasteiger partial charge is 0.152 e. The van der Waals surface area contributed by atoms with Crippen molar-refractivity contribution in [3.63, 3.8) is 0 Å². The van der Waals surface area contributed by atoms with Crippen LogP contribution in [0.2, 0.25) is 0 Å². The first-order valence-electron chi connectivity index (χ1n) is 17.5. The van der Waals surface area contributed by atoms with Gasteiger partial charge < -0.3 is 19.0 Å². The fraction of sp³-hybridized carbons (Fsp3) is 0. The van der Waals surface area contributed by atoms with Crippen LogP contribution in [0, 0.1) is 0 Å². The van der Waals surface area contributed by atoms with Gasteiger partial charge in [-0.1, -0.05) is 109 Å². The van der Waals surface area contributed by atoms with Gasteiger partial charge >= 0.3 is 0 Å². The standard InChI is InChI=1S/C48H32N2O2/c1-3-11-33(12-4-1)34-19-24-38(25-20-34)49(40-28-30-46-42(32-40)41-15-7-9-17-45(41)51-46)39-26-21-35(22-27-39)36-23-29-44-48(31-36)52-47-18-10-8-16-43(47)50(44)37-13-5-2-6-14-37/h1-32H. The number of nitrogens with zero attached hydrogens (tertiary/aromatic N) is 2. The van der Waals surface area contributed by atoms with Crippen LogP contribution in [-0.4, -0.2) is 0 Å². The van der Waals surface area contributed by atoms with E-state index in [1.807, 2.05) is 30.3 Å². The molecule has 0 unspecified atom stereocenters. The molecule has 8 aromatic carbocycles. The summed E-state index contributed by atoms with van der Waals surface area (Å²) in [7, 11) is 0. The van der Waals surface area contributed by atoms with E-state index in [0.717, 1.165) is 78.7 Å². The Morgan fingerprint density at radius 1 is 0.365 bits per heavy atom. The third-order valence-corrected chi connectivity index (χ3v) is 9.85. The van der Waals surface area contributed by atoms with Crippen molar-refractivity contribution in [1.29, 1.82) is 0 Å². The summed E-state index contributed by atoms with van der Waals surface area (Å²) in [5, 5.41) is 2.20. The lowest BCUT2D eigenvalue weighted by molar-refractivity contribution is 0.477. The molecule has 0 bridgehead atoms. The number of ether oxygens (including phenoxy) is 1. The Labute approximate surface area is 302 Å². The van der Waals surface area contributed by atoms with Crippen molar-refractivity contribution < 1.29 is 9.15 Å². The summed E-state index contributed by atoms with van der Waals surface area (Å²) >= 11 is 0. The van der Waals surface area contributed by atoms with E-state index < -0.39 is 0 Å². The summed E-state index contributed by atoms with van der Waals surface area (Å²) in [5.74, 6) is 1.66. The van der Waals surface area contributed by atoms with E-state index in [0.29, 0.717) is 0 Å². The monoisotopic (exact) mass is 668 g/mol. The Balaban J connectivity index is 1.04. The second-order valence-corrected chi connectivity index (χ2v) is 13.0. The fourth-order valence-electron chi connectivity index (χ4n) is 7.33. The van der Waals surface area contributed by atoms with Gasteiger partial charge in [-0.25, -0.2) is 0 Å². The van der Waals surface area contributed by atoms with Gasteiger partial charge in [0.2, 0.25) is 0 Å². The molecule has 0 N–H and O–H groups in total. The zero-order valence-corrected chi connectivity index (χ0v) is 28.2. The highest BCUT2D eigenvalue weighted by molar-refractivity contribution is 6.06. The Morgan fingerprint density at radius 3 is 1.69 bits per heavy atom. The summed E-state index contributed by atoms with van der Waals surface area (Å²) in [4.78, 5) is 4.58. The van der Waals surface area contributed by atoms with Crippen LogP contribution >= 0.6 is 0 Å². The number of fused-ring (bicyclic) bond motifs is 5. The van der Waals surface area contributed by atoms with Gasteiger partial charge in [-0.3, -0.25) is 0 Å². The van der Waals surface area contributed by atoms with Crippen LogP contribution in [0.4, 0.5) is 34.1 Å². The molecule has 0 aliphatic carbocycles. The molecule has 1 aliphatic rings. The number of benzene rings is 8. The lowest BCUT2D eigenvalue weighted by Gasteiger charge is -2.33. The predicted molar refractivity (Wildman–Crippen MR) is 214 cm³/mol. The Bertz CT molecular complexity index is 2700. The molecule has 246 valence electrons. The molecule has 0 atom stereocenters. The van der Waals surface area contributed by atoms with Crippen molar-refractivity contribution in [2.24, 2.45) is 0 Å². The number of hydrogen-bond acceptors (Lipinski definition) is 4. The van der Waals surface area contributed by atoms with Crippen molar-refractivity contribution in [3.05, 3.63) is 194 Å². The minimum Gasteiger partial charge on any atom is -0.456 e.